The van der Waals surface area contributed by atoms with Crippen LogP contribution in [-0.4, -0.2) is 38.1 Å². The number of esters is 1. The molecule has 0 heterocycles. The monoisotopic (exact) mass is 357 g/mol. The largest absolute Gasteiger partial charge is 0.496 e. The van der Waals surface area contributed by atoms with Crippen LogP contribution in [0, 0.1) is 6.92 Å². The summed E-state index contributed by atoms with van der Waals surface area (Å²) in [5.74, 6) is -1.24. The molecule has 0 aliphatic carbocycles. The maximum Gasteiger partial charge on any atom is 0.344 e. The third-order valence-corrected chi connectivity index (χ3v) is 3.32. The third kappa shape index (κ3) is 5.62. The van der Waals surface area contributed by atoms with E-state index in [4.69, 9.17) is 14.2 Å². The lowest BCUT2D eigenvalue weighted by atomic mass is 10.2. The van der Waals surface area contributed by atoms with E-state index in [0.29, 0.717) is 11.5 Å². The quantitative estimate of drug-likeness (QED) is 0.761. The fourth-order valence-electron chi connectivity index (χ4n) is 2.10. The average Bonchev–Trinajstić information content (AvgIpc) is 2.64. The van der Waals surface area contributed by atoms with Crippen molar-refractivity contribution in [1.82, 2.24) is 5.32 Å². The second kappa shape index (κ2) is 9.22. The van der Waals surface area contributed by atoms with Gasteiger partial charge in [0, 0.05) is 0 Å². The second-order valence-electron chi connectivity index (χ2n) is 5.34. The molecule has 0 aliphatic heterocycles. The third-order valence-electron chi connectivity index (χ3n) is 3.32. The van der Waals surface area contributed by atoms with Gasteiger partial charge in [0.05, 0.1) is 12.7 Å². The molecule has 2 rings (SSSR count). The zero-order valence-corrected chi connectivity index (χ0v) is 14.5. The Bertz CT molecular complexity index is 802. The summed E-state index contributed by atoms with van der Waals surface area (Å²) in [5.41, 5.74) is 1.20. The summed E-state index contributed by atoms with van der Waals surface area (Å²) in [6, 6.07) is 13.6. The summed E-state index contributed by atoms with van der Waals surface area (Å²) in [7, 11) is 1.42. The Morgan fingerprint density at radius 2 is 1.77 bits per heavy atom. The topological polar surface area (TPSA) is 90.9 Å². The molecule has 26 heavy (non-hydrogen) atoms. The van der Waals surface area contributed by atoms with Crippen LogP contribution in [0.1, 0.15) is 15.9 Å². The highest BCUT2D eigenvalue weighted by molar-refractivity contribution is 6.06. The van der Waals surface area contributed by atoms with Crippen LogP contribution in [0.25, 0.3) is 0 Å². The molecule has 0 spiro atoms. The van der Waals surface area contributed by atoms with Gasteiger partial charge in [-0.05, 0) is 36.8 Å². The number of amides is 2. The molecular weight excluding hydrogens is 338 g/mol. The van der Waals surface area contributed by atoms with E-state index in [-0.39, 0.29) is 12.2 Å². The fraction of sp³-hybridized carbons (Fsp3) is 0.211. The first-order valence-electron chi connectivity index (χ1n) is 7.82. The van der Waals surface area contributed by atoms with Crippen molar-refractivity contribution in [3.63, 3.8) is 0 Å². The van der Waals surface area contributed by atoms with Gasteiger partial charge < -0.3 is 14.2 Å². The molecule has 0 atom stereocenters. The van der Waals surface area contributed by atoms with E-state index in [2.05, 4.69) is 5.32 Å². The summed E-state index contributed by atoms with van der Waals surface area (Å²) in [4.78, 5) is 35.4. The smallest absolute Gasteiger partial charge is 0.344 e. The van der Waals surface area contributed by atoms with Crippen LogP contribution in [0.5, 0.6) is 11.5 Å². The Kier molecular flexibility index (Phi) is 6.73. The molecule has 7 heteroatoms. The van der Waals surface area contributed by atoms with E-state index >= 15 is 0 Å². The van der Waals surface area contributed by atoms with Crippen LogP contribution in [0.2, 0.25) is 0 Å². The molecule has 0 saturated heterocycles. The molecule has 2 aromatic carbocycles. The van der Waals surface area contributed by atoms with Gasteiger partial charge in [0.15, 0.2) is 13.2 Å². The highest BCUT2D eigenvalue weighted by Gasteiger charge is 2.16. The van der Waals surface area contributed by atoms with Gasteiger partial charge in [-0.2, -0.15) is 0 Å². The standard InChI is InChI=1S/C19H19NO6/c1-13-6-5-7-14(10-13)25-12-18(22)26-11-17(21)20-19(23)15-8-3-4-9-16(15)24-2/h3-10H,11-12H2,1-2H3,(H,20,21,23). The van der Waals surface area contributed by atoms with Gasteiger partial charge >= 0.3 is 5.97 Å². The predicted octanol–water partition coefficient (Wildman–Crippen LogP) is 1.88. The summed E-state index contributed by atoms with van der Waals surface area (Å²) in [6.07, 6.45) is 0. The van der Waals surface area contributed by atoms with Crippen LogP contribution < -0.4 is 14.8 Å². The highest BCUT2D eigenvalue weighted by Crippen LogP contribution is 2.16. The predicted molar refractivity (Wildman–Crippen MR) is 93.1 cm³/mol. The van der Waals surface area contributed by atoms with Gasteiger partial charge in [0.25, 0.3) is 11.8 Å². The minimum atomic E-state index is -0.746. The van der Waals surface area contributed by atoms with Gasteiger partial charge in [0.1, 0.15) is 11.5 Å². The first-order valence-corrected chi connectivity index (χ1v) is 7.82. The number of benzene rings is 2. The van der Waals surface area contributed by atoms with Gasteiger partial charge in [-0.3, -0.25) is 14.9 Å². The number of aryl methyl sites for hydroxylation is 1. The van der Waals surface area contributed by atoms with Gasteiger partial charge in [-0.1, -0.05) is 24.3 Å². The number of hydrogen-bond donors (Lipinski definition) is 1. The van der Waals surface area contributed by atoms with E-state index in [1.54, 1.807) is 36.4 Å². The Balaban J connectivity index is 1.77. The van der Waals surface area contributed by atoms with Crippen molar-refractivity contribution in [2.24, 2.45) is 0 Å². The van der Waals surface area contributed by atoms with Gasteiger partial charge in [0.2, 0.25) is 0 Å². The number of ether oxygens (including phenoxy) is 3. The number of imide groups is 1. The number of carbonyl (C=O) groups excluding carboxylic acids is 3. The van der Waals surface area contributed by atoms with Crippen molar-refractivity contribution in [1.29, 1.82) is 0 Å². The number of methoxy groups -OCH3 is 1. The molecule has 136 valence electrons. The number of carbonyl (C=O) groups is 3. The Morgan fingerprint density at radius 3 is 2.50 bits per heavy atom. The average molecular weight is 357 g/mol. The van der Waals surface area contributed by atoms with Crippen molar-refractivity contribution in [2.75, 3.05) is 20.3 Å². The number of rotatable bonds is 7. The second-order valence-corrected chi connectivity index (χ2v) is 5.34. The SMILES string of the molecule is COc1ccccc1C(=O)NC(=O)COC(=O)COc1cccc(C)c1. The van der Waals surface area contributed by atoms with Crippen LogP contribution in [0.4, 0.5) is 0 Å². The first kappa shape index (κ1) is 19.0. The van der Waals surface area contributed by atoms with Crippen molar-refractivity contribution < 1.29 is 28.6 Å². The molecule has 2 aromatic rings. The zero-order valence-electron chi connectivity index (χ0n) is 14.5. The molecule has 0 saturated carbocycles. The molecule has 0 aromatic heterocycles. The fourth-order valence-corrected chi connectivity index (χ4v) is 2.10. The van der Waals surface area contributed by atoms with E-state index < -0.39 is 24.4 Å². The van der Waals surface area contributed by atoms with Crippen LogP contribution in [-0.2, 0) is 14.3 Å². The van der Waals surface area contributed by atoms with E-state index in [9.17, 15) is 14.4 Å². The van der Waals surface area contributed by atoms with E-state index in [1.165, 1.54) is 13.2 Å². The summed E-state index contributed by atoms with van der Waals surface area (Å²) in [6.45, 7) is 0.975. The summed E-state index contributed by atoms with van der Waals surface area (Å²) in [5, 5.41) is 2.13. The molecule has 0 aliphatic rings. The van der Waals surface area contributed by atoms with Gasteiger partial charge in [-0.25, -0.2) is 4.79 Å². The van der Waals surface area contributed by atoms with E-state index in [1.807, 2.05) is 13.0 Å². The van der Waals surface area contributed by atoms with Crippen molar-refractivity contribution >= 4 is 17.8 Å². The summed E-state index contributed by atoms with van der Waals surface area (Å²) < 4.78 is 15.1. The molecule has 0 unspecified atom stereocenters. The molecule has 2 amide bonds. The maximum absolute atomic E-state index is 12.0. The minimum Gasteiger partial charge on any atom is -0.496 e. The van der Waals surface area contributed by atoms with Crippen molar-refractivity contribution in [3.8, 4) is 11.5 Å². The molecule has 7 nitrogen and oxygen atoms in total. The van der Waals surface area contributed by atoms with Crippen molar-refractivity contribution in [3.05, 3.63) is 59.7 Å². The Morgan fingerprint density at radius 1 is 1.00 bits per heavy atom. The molecule has 1 N–H and O–H groups in total. The summed E-state index contributed by atoms with van der Waals surface area (Å²) >= 11 is 0. The first-order chi connectivity index (χ1) is 12.5. The molecule has 0 fully saturated rings. The van der Waals surface area contributed by atoms with Crippen LogP contribution >= 0.6 is 0 Å². The zero-order chi connectivity index (χ0) is 18.9. The van der Waals surface area contributed by atoms with E-state index in [0.717, 1.165) is 5.56 Å². The maximum atomic E-state index is 12.0. The van der Waals surface area contributed by atoms with Gasteiger partial charge in [-0.15, -0.1) is 0 Å². The Labute approximate surface area is 150 Å². The highest BCUT2D eigenvalue weighted by atomic mass is 16.6. The van der Waals surface area contributed by atoms with Crippen LogP contribution in [0.15, 0.2) is 48.5 Å². The lowest BCUT2D eigenvalue weighted by Gasteiger charge is -2.09. The molecule has 0 bridgehead atoms. The minimum absolute atomic E-state index is 0.206. The van der Waals surface area contributed by atoms with Crippen LogP contribution in [0.3, 0.4) is 0 Å². The number of hydrogen-bond acceptors (Lipinski definition) is 6. The molecule has 0 radical (unpaired) electrons. The lowest BCUT2D eigenvalue weighted by Crippen LogP contribution is -2.34. The normalized spacial score (nSPS) is 9.92. The lowest BCUT2D eigenvalue weighted by molar-refractivity contribution is -0.150. The number of para-hydroxylation sites is 1. The van der Waals surface area contributed by atoms with Crippen molar-refractivity contribution in [2.45, 2.75) is 6.92 Å². The number of nitrogens with one attached hydrogen (secondary N) is 1. The molecular formula is C19H19NO6. The Hall–Kier alpha value is -3.35.